The Hall–Kier alpha value is -1.84. The van der Waals surface area contributed by atoms with Crippen molar-refractivity contribution >= 4 is 23.9 Å². The number of benzene rings is 1. The van der Waals surface area contributed by atoms with E-state index in [1.165, 1.54) is 21.2 Å². The molecule has 2 N–H and O–H groups in total. The van der Waals surface area contributed by atoms with Crippen LogP contribution in [0, 0.1) is 0 Å². The number of thioether (sulfide) groups is 1. The lowest BCUT2D eigenvalue weighted by Gasteiger charge is -2.10. The second-order valence-electron chi connectivity index (χ2n) is 6.27. The molecule has 130 valence electrons. The maximum atomic E-state index is 5.55. The quantitative estimate of drug-likeness (QED) is 0.612. The van der Waals surface area contributed by atoms with Gasteiger partial charge < -0.3 is 5.73 Å². The number of hydrogen-bond acceptors (Lipinski definition) is 3. The zero-order chi connectivity index (χ0) is 17.5. The minimum atomic E-state index is 0.722. The normalized spacial score (nSPS) is 13.4. The van der Waals surface area contributed by atoms with E-state index in [0.29, 0.717) is 0 Å². The molecule has 1 aliphatic carbocycles. The molecule has 0 fully saturated rings. The first-order chi connectivity index (χ1) is 12.3. The van der Waals surface area contributed by atoms with Crippen molar-refractivity contribution in [2.45, 2.75) is 37.0 Å². The molecule has 0 spiro atoms. The van der Waals surface area contributed by atoms with Gasteiger partial charge in [-0.25, -0.2) is 4.98 Å². The molecule has 0 aliphatic heterocycles. The average Bonchev–Trinajstić information content (AvgIpc) is 2.67. The van der Waals surface area contributed by atoms with E-state index in [2.05, 4.69) is 60.9 Å². The summed E-state index contributed by atoms with van der Waals surface area (Å²) >= 11 is 1.77. The van der Waals surface area contributed by atoms with Crippen molar-refractivity contribution in [1.82, 2.24) is 4.98 Å². The molecule has 1 heterocycles. The van der Waals surface area contributed by atoms with Gasteiger partial charge in [0.1, 0.15) is 0 Å². The van der Waals surface area contributed by atoms with E-state index in [1.807, 2.05) is 0 Å². The van der Waals surface area contributed by atoms with Gasteiger partial charge in [0.2, 0.25) is 0 Å². The van der Waals surface area contributed by atoms with Gasteiger partial charge in [-0.2, -0.15) is 0 Å². The standard InChI is InChI=1S/C22H26N2S/c1-25-19-13-11-17(12-14-19)22-16-18(8-4-2-3-7-15-23)20-9-5-6-10-21(20)24-22/h2-3,9-14,16H,4-8,15,23H2,1H3/b3-2-. The second-order valence-corrected chi connectivity index (χ2v) is 7.15. The summed E-state index contributed by atoms with van der Waals surface area (Å²) in [6.45, 7) is 0.722. The molecule has 2 aromatic rings. The molecular weight excluding hydrogens is 324 g/mol. The van der Waals surface area contributed by atoms with E-state index in [1.54, 1.807) is 11.8 Å². The van der Waals surface area contributed by atoms with Crippen LogP contribution in [0.1, 0.15) is 31.2 Å². The maximum absolute atomic E-state index is 5.55. The molecule has 0 radical (unpaired) electrons. The molecule has 0 atom stereocenters. The van der Waals surface area contributed by atoms with Crippen LogP contribution in [0.4, 0.5) is 0 Å². The summed E-state index contributed by atoms with van der Waals surface area (Å²) in [5.41, 5.74) is 9.23. The highest BCUT2D eigenvalue weighted by molar-refractivity contribution is 7.98. The summed E-state index contributed by atoms with van der Waals surface area (Å²) < 4.78 is 0. The Morgan fingerprint density at radius 3 is 2.60 bits per heavy atom. The predicted octanol–water partition coefficient (Wildman–Crippen LogP) is 3.66. The average molecular weight is 351 g/mol. The first-order valence-corrected chi connectivity index (χ1v) is 10.2. The zero-order valence-corrected chi connectivity index (χ0v) is 15.7. The van der Waals surface area contributed by atoms with Crippen LogP contribution >= 0.6 is 11.8 Å². The Morgan fingerprint density at radius 1 is 1.08 bits per heavy atom. The fourth-order valence-electron chi connectivity index (χ4n) is 3.16. The third kappa shape index (κ3) is 4.62. The largest absolute Gasteiger partial charge is 0.330 e. The number of allylic oxidation sites excluding steroid dienone is 1. The van der Waals surface area contributed by atoms with Crippen LogP contribution < -0.4 is 16.3 Å². The molecule has 1 aromatic carbocycles. The monoisotopic (exact) mass is 350 g/mol. The lowest BCUT2D eigenvalue weighted by molar-refractivity contribution is 0.945. The highest BCUT2D eigenvalue weighted by atomic mass is 32.2. The maximum Gasteiger partial charge on any atom is 0.0712 e. The number of rotatable bonds is 7. The van der Waals surface area contributed by atoms with Crippen molar-refractivity contribution < 1.29 is 0 Å². The number of aryl methyl sites for hydroxylation is 1. The lowest BCUT2D eigenvalue weighted by atomic mass is 10.00. The van der Waals surface area contributed by atoms with Crippen LogP contribution in [-0.2, 0) is 6.42 Å². The summed E-state index contributed by atoms with van der Waals surface area (Å²) in [6, 6.07) is 11.0. The number of hydrogen-bond donors (Lipinski definition) is 1. The minimum Gasteiger partial charge on any atom is -0.330 e. The molecule has 0 saturated heterocycles. The Labute approximate surface area is 154 Å². The van der Waals surface area contributed by atoms with Gasteiger partial charge in [-0.05, 0) is 73.9 Å². The van der Waals surface area contributed by atoms with Crippen LogP contribution in [0.5, 0.6) is 0 Å². The lowest BCUT2D eigenvalue weighted by Crippen LogP contribution is -2.34. The van der Waals surface area contributed by atoms with Gasteiger partial charge in [-0.1, -0.05) is 36.4 Å². The van der Waals surface area contributed by atoms with E-state index in [-0.39, 0.29) is 0 Å². The van der Waals surface area contributed by atoms with Crippen molar-refractivity contribution in [3.8, 4) is 11.3 Å². The Morgan fingerprint density at radius 2 is 1.84 bits per heavy atom. The minimum absolute atomic E-state index is 0.722. The van der Waals surface area contributed by atoms with Crippen LogP contribution in [0.15, 0.2) is 47.4 Å². The first kappa shape index (κ1) is 18.0. The summed E-state index contributed by atoms with van der Waals surface area (Å²) in [6.07, 6.45) is 16.4. The van der Waals surface area contributed by atoms with Crippen molar-refractivity contribution in [3.63, 3.8) is 0 Å². The van der Waals surface area contributed by atoms with E-state index < -0.39 is 0 Å². The number of fused-ring (bicyclic) bond motifs is 1. The number of nitrogens with zero attached hydrogens (tertiary/aromatic N) is 1. The van der Waals surface area contributed by atoms with Crippen LogP contribution in [-0.4, -0.2) is 17.8 Å². The number of pyridine rings is 1. The topological polar surface area (TPSA) is 38.9 Å². The fourth-order valence-corrected chi connectivity index (χ4v) is 3.56. The third-order valence-electron chi connectivity index (χ3n) is 4.49. The Kier molecular flexibility index (Phi) is 6.48. The van der Waals surface area contributed by atoms with Gasteiger partial charge in [-0.15, -0.1) is 11.8 Å². The molecule has 0 saturated carbocycles. The van der Waals surface area contributed by atoms with E-state index in [9.17, 15) is 0 Å². The Balaban J connectivity index is 1.93. The van der Waals surface area contributed by atoms with Gasteiger partial charge in [0.25, 0.3) is 0 Å². The summed E-state index contributed by atoms with van der Waals surface area (Å²) in [4.78, 5) is 6.21. The molecule has 25 heavy (non-hydrogen) atoms. The fraction of sp³-hybridized carbons (Fsp3) is 0.318. The smallest absolute Gasteiger partial charge is 0.0712 e. The van der Waals surface area contributed by atoms with Gasteiger partial charge in [0.05, 0.1) is 11.0 Å². The van der Waals surface area contributed by atoms with E-state index in [4.69, 9.17) is 10.7 Å². The van der Waals surface area contributed by atoms with Gasteiger partial charge in [0.15, 0.2) is 0 Å². The highest BCUT2D eigenvalue weighted by Gasteiger charge is 2.07. The molecule has 3 rings (SSSR count). The van der Waals surface area contributed by atoms with Crippen LogP contribution in [0.2, 0.25) is 0 Å². The molecule has 1 aliphatic rings. The first-order valence-electron chi connectivity index (χ1n) is 9.01. The van der Waals surface area contributed by atoms with Gasteiger partial charge >= 0.3 is 0 Å². The van der Waals surface area contributed by atoms with E-state index in [0.717, 1.165) is 49.7 Å². The SMILES string of the molecule is CSc1ccc(-c2cc(CC/C=C\CCN)c3c(n2)=CCCC=3)cc1. The molecule has 1 aromatic heterocycles. The van der Waals surface area contributed by atoms with Gasteiger partial charge in [-0.3, -0.25) is 0 Å². The zero-order valence-electron chi connectivity index (χ0n) is 14.9. The van der Waals surface area contributed by atoms with Crippen LogP contribution in [0.25, 0.3) is 23.4 Å². The molecular formula is C22H26N2S. The summed E-state index contributed by atoms with van der Waals surface area (Å²) in [7, 11) is 0. The van der Waals surface area contributed by atoms with E-state index >= 15 is 0 Å². The summed E-state index contributed by atoms with van der Waals surface area (Å²) in [5, 5.41) is 2.49. The molecule has 3 heteroatoms. The van der Waals surface area contributed by atoms with Crippen molar-refractivity contribution in [3.05, 3.63) is 58.6 Å². The summed E-state index contributed by atoms with van der Waals surface area (Å²) in [5.74, 6) is 0. The predicted molar refractivity (Wildman–Crippen MR) is 110 cm³/mol. The number of aromatic nitrogens is 1. The van der Waals surface area contributed by atoms with Gasteiger partial charge in [0, 0.05) is 10.5 Å². The molecule has 0 unspecified atom stereocenters. The highest BCUT2D eigenvalue weighted by Crippen LogP contribution is 2.21. The number of nitrogens with two attached hydrogens (primary N) is 1. The van der Waals surface area contributed by atoms with Crippen LogP contribution in [0.3, 0.4) is 0 Å². The second kappa shape index (κ2) is 9.02. The third-order valence-corrected chi connectivity index (χ3v) is 5.24. The molecule has 0 amide bonds. The molecule has 0 bridgehead atoms. The van der Waals surface area contributed by atoms with Crippen molar-refractivity contribution in [1.29, 1.82) is 0 Å². The van der Waals surface area contributed by atoms with Crippen molar-refractivity contribution in [2.75, 3.05) is 12.8 Å². The molecule has 2 nitrogen and oxygen atoms in total. The van der Waals surface area contributed by atoms with Crippen molar-refractivity contribution in [2.24, 2.45) is 5.73 Å². The Bertz CT molecular complexity index is 851.